The number of phenols is 2. The van der Waals surface area contributed by atoms with E-state index in [2.05, 4.69) is 31.1 Å². The number of rotatable bonds is 16. The molecular weight excluding hydrogens is 510 g/mol. The first-order valence-corrected chi connectivity index (χ1v) is 13.7. The summed E-state index contributed by atoms with van der Waals surface area (Å²) in [4.78, 5) is 16.7. The highest BCUT2D eigenvalue weighted by molar-refractivity contribution is 5.94. The van der Waals surface area contributed by atoms with Gasteiger partial charge in [-0.05, 0) is 72.1 Å². The van der Waals surface area contributed by atoms with E-state index in [9.17, 15) is 20.1 Å². The highest BCUT2D eigenvalue weighted by Gasteiger charge is 2.19. The zero-order valence-electron chi connectivity index (χ0n) is 24.3. The molecule has 0 spiro atoms. The topological polar surface area (TPSA) is 147 Å². The van der Waals surface area contributed by atoms with Gasteiger partial charge in [0.25, 0.3) is 0 Å². The largest absolute Gasteiger partial charge is 0.504 e. The number of ether oxygens (including phenoxy) is 2. The van der Waals surface area contributed by atoms with E-state index in [-0.39, 0.29) is 34.9 Å². The molecule has 0 aliphatic rings. The molecular formula is C31H45N3O6. The van der Waals surface area contributed by atoms with Crippen LogP contribution in [0.4, 0.5) is 5.69 Å². The average molecular weight is 556 g/mol. The van der Waals surface area contributed by atoms with Crippen LogP contribution in [0.5, 0.6) is 23.0 Å². The molecule has 9 heteroatoms. The number of phenolic OH excluding ortho intramolecular Hbond substituents is 2. The zero-order chi connectivity index (χ0) is 29.7. The van der Waals surface area contributed by atoms with Gasteiger partial charge in [0, 0.05) is 13.5 Å². The number of ketones is 1. The molecule has 2 rings (SSSR count). The summed E-state index contributed by atoms with van der Waals surface area (Å²) < 4.78 is 10.4. The average Bonchev–Trinajstić information content (AvgIpc) is 2.92. The van der Waals surface area contributed by atoms with Crippen LogP contribution in [0.25, 0.3) is 0 Å². The van der Waals surface area contributed by atoms with Crippen LogP contribution < -0.4 is 20.5 Å². The molecule has 0 aliphatic carbocycles. The number of hydrogen-bond acceptors (Lipinski definition) is 7. The van der Waals surface area contributed by atoms with Crippen molar-refractivity contribution in [2.24, 2.45) is 28.5 Å². The fraction of sp³-hybridized carbons (Fsp3) is 0.484. The lowest BCUT2D eigenvalue weighted by Crippen LogP contribution is -2.22. The van der Waals surface area contributed by atoms with Crippen molar-refractivity contribution in [3.8, 4) is 23.0 Å². The summed E-state index contributed by atoms with van der Waals surface area (Å²) >= 11 is 0. The molecule has 0 fully saturated rings. The maximum absolute atomic E-state index is 12.8. The molecule has 0 aliphatic heterocycles. The van der Waals surface area contributed by atoms with Crippen LogP contribution in [-0.4, -0.2) is 48.0 Å². The van der Waals surface area contributed by atoms with Crippen LogP contribution in [-0.2, 0) is 17.6 Å². The van der Waals surface area contributed by atoms with Crippen molar-refractivity contribution >= 4 is 17.4 Å². The van der Waals surface area contributed by atoms with Gasteiger partial charge in [0.15, 0.2) is 41.5 Å². The molecule has 0 saturated carbocycles. The number of aliphatic imine (C=N–C) groups is 1. The van der Waals surface area contributed by atoms with Gasteiger partial charge in [-0.25, -0.2) is 0 Å². The SMILES string of the molecule is CN=C(N)Nc1cc(C[C@H](C=CC(=O)CCc2ccc(O)c(OC)c2)[C@H](C)CCCC(C)C)cc(OCO)c1O. The molecule has 0 amide bonds. The Hall–Kier alpha value is -3.72. The highest BCUT2D eigenvalue weighted by atomic mass is 16.6. The molecule has 0 aromatic heterocycles. The quantitative estimate of drug-likeness (QED) is 0.0627. The minimum absolute atomic E-state index is 0.00992. The first-order valence-electron chi connectivity index (χ1n) is 13.7. The Morgan fingerprint density at radius 2 is 1.82 bits per heavy atom. The number of methoxy groups -OCH3 is 1. The van der Waals surface area contributed by atoms with E-state index in [0.29, 0.717) is 42.5 Å². The number of nitrogens with zero attached hydrogens (tertiary/aromatic N) is 1. The van der Waals surface area contributed by atoms with Crippen LogP contribution in [0.2, 0.25) is 0 Å². The van der Waals surface area contributed by atoms with E-state index < -0.39 is 6.79 Å². The lowest BCUT2D eigenvalue weighted by atomic mass is 9.83. The fourth-order valence-corrected chi connectivity index (χ4v) is 4.50. The summed E-state index contributed by atoms with van der Waals surface area (Å²) in [6, 6.07) is 8.56. The highest BCUT2D eigenvalue weighted by Crippen LogP contribution is 2.37. The molecule has 0 saturated heterocycles. The Kier molecular flexibility index (Phi) is 13.3. The summed E-state index contributed by atoms with van der Waals surface area (Å²) in [5, 5.41) is 32.6. The molecule has 2 aromatic rings. The lowest BCUT2D eigenvalue weighted by Gasteiger charge is -2.23. The number of benzene rings is 2. The van der Waals surface area contributed by atoms with Gasteiger partial charge in [-0.1, -0.05) is 52.2 Å². The molecule has 9 nitrogen and oxygen atoms in total. The number of aliphatic hydroxyl groups is 1. The number of aryl methyl sites for hydroxylation is 1. The number of nitrogens with one attached hydrogen (secondary N) is 1. The number of allylic oxidation sites excluding steroid dienone is 2. The summed E-state index contributed by atoms with van der Waals surface area (Å²) in [5.74, 6) is 1.49. The number of hydrogen-bond donors (Lipinski definition) is 5. The maximum Gasteiger partial charge on any atom is 0.192 e. The Bertz CT molecular complexity index is 1160. The normalized spacial score (nSPS) is 13.4. The minimum atomic E-state index is -0.593. The van der Waals surface area contributed by atoms with Gasteiger partial charge in [-0.15, -0.1) is 0 Å². The first kappa shape index (κ1) is 32.5. The van der Waals surface area contributed by atoms with Gasteiger partial charge in [0.05, 0.1) is 12.8 Å². The second-order valence-electron chi connectivity index (χ2n) is 10.5. The summed E-state index contributed by atoms with van der Waals surface area (Å²) in [6.07, 6.45) is 8.31. The Morgan fingerprint density at radius 3 is 2.48 bits per heavy atom. The minimum Gasteiger partial charge on any atom is -0.504 e. The molecule has 0 bridgehead atoms. The smallest absolute Gasteiger partial charge is 0.192 e. The van der Waals surface area contributed by atoms with Gasteiger partial charge in [-0.2, -0.15) is 0 Å². The van der Waals surface area contributed by atoms with Gasteiger partial charge >= 0.3 is 0 Å². The molecule has 0 unspecified atom stereocenters. The first-order chi connectivity index (χ1) is 19.1. The van der Waals surface area contributed by atoms with Crippen molar-refractivity contribution in [2.75, 3.05) is 26.3 Å². The molecule has 0 radical (unpaired) electrons. The number of guanidine groups is 1. The predicted octanol–water partition coefficient (Wildman–Crippen LogP) is 5.17. The van der Waals surface area contributed by atoms with Crippen LogP contribution >= 0.6 is 0 Å². The Balaban J connectivity index is 2.25. The Labute approximate surface area is 237 Å². The van der Waals surface area contributed by atoms with Crippen molar-refractivity contribution < 1.29 is 29.6 Å². The van der Waals surface area contributed by atoms with Crippen molar-refractivity contribution in [3.05, 3.63) is 53.6 Å². The van der Waals surface area contributed by atoms with Gasteiger partial charge in [0.2, 0.25) is 0 Å². The van der Waals surface area contributed by atoms with Crippen LogP contribution in [0.3, 0.4) is 0 Å². The fourth-order valence-electron chi connectivity index (χ4n) is 4.50. The van der Waals surface area contributed by atoms with Crippen molar-refractivity contribution in [1.29, 1.82) is 0 Å². The monoisotopic (exact) mass is 555 g/mol. The summed E-state index contributed by atoms with van der Waals surface area (Å²) in [6.45, 7) is 6.02. The zero-order valence-corrected chi connectivity index (χ0v) is 24.3. The number of aliphatic hydroxyl groups excluding tert-OH is 1. The van der Waals surface area contributed by atoms with E-state index in [1.807, 2.05) is 6.08 Å². The Morgan fingerprint density at radius 1 is 1.10 bits per heavy atom. The van der Waals surface area contributed by atoms with Crippen molar-refractivity contribution in [3.63, 3.8) is 0 Å². The number of anilines is 1. The molecule has 2 atom stereocenters. The van der Waals surface area contributed by atoms with Crippen molar-refractivity contribution in [2.45, 2.75) is 59.3 Å². The van der Waals surface area contributed by atoms with Gasteiger partial charge < -0.3 is 35.8 Å². The second-order valence-corrected chi connectivity index (χ2v) is 10.5. The van der Waals surface area contributed by atoms with E-state index in [1.54, 1.807) is 36.4 Å². The van der Waals surface area contributed by atoms with E-state index in [4.69, 9.17) is 15.2 Å². The number of nitrogens with two attached hydrogens (primary N) is 1. The maximum atomic E-state index is 12.8. The standard InChI is InChI=1S/C31H45N3O6/c1-20(2)7-6-8-21(3)24(11-13-25(36)12-9-22-10-14-27(37)28(17-22)39-5)15-23-16-26(34-31(32)33-4)30(38)29(18-23)40-19-35/h10-11,13-14,16-18,20-21,24,35,37-38H,6-9,12,15,19H2,1-5H3,(H3,32,33,34)/t21-,24+/m1/s1. The van der Waals surface area contributed by atoms with Gasteiger partial charge in [0.1, 0.15) is 0 Å². The summed E-state index contributed by atoms with van der Waals surface area (Å²) in [7, 11) is 3.02. The third kappa shape index (κ3) is 10.4. The van der Waals surface area contributed by atoms with E-state index in [1.165, 1.54) is 14.2 Å². The van der Waals surface area contributed by atoms with E-state index >= 15 is 0 Å². The molecule has 2 aromatic carbocycles. The third-order valence-corrected chi connectivity index (χ3v) is 6.94. The number of carbonyl (C=O) groups is 1. The van der Waals surface area contributed by atoms with Crippen LogP contribution in [0, 0.1) is 17.8 Å². The molecule has 0 heterocycles. The molecule has 40 heavy (non-hydrogen) atoms. The second kappa shape index (κ2) is 16.4. The van der Waals surface area contributed by atoms with Crippen LogP contribution in [0.1, 0.15) is 57.6 Å². The molecule has 220 valence electrons. The van der Waals surface area contributed by atoms with Crippen LogP contribution in [0.15, 0.2) is 47.5 Å². The number of carbonyl (C=O) groups excluding carboxylic acids is 1. The van der Waals surface area contributed by atoms with E-state index in [0.717, 1.165) is 30.4 Å². The lowest BCUT2D eigenvalue weighted by molar-refractivity contribution is -0.114. The van der Waals surface area contributed by atoms with Crippen molar-refractivity contribution in [1.82, 2.24) is 0 Å². The number of aromatic hydroxyl groups is 2. The summed E-state index contributed by atoms with van der Waals surface area (Å²) in [5.41, 5.74) is 7.90. The molecule has 6 N–H and O–H groups in total. The van der Waals surface area contributed by atoms with Gasteiger partial charge in [-0.3, -0.25) is 9.79 Å². The third-order valence-electron chi connectivity index (χ3n) is 6.94. The predicted molar refractivity (Wildman–Crippen MR) is 159 cm³/mol.